The number of benzene rings is 2. The summed E-state index contributed by atoms with van der Waals surface area (Å²) in [5.41, 5.74) is 3.05. The zero-order valence-corrected chi connectivity index (χ0v) is 14.1. The SMILES string of the molecule is c1ccc(-c2nc(-c3ccncc3)c3c(n2)sc2ccccc23)cc1. The van der Waals surface area contributed by atoms with Gasteiger partial charge in [0.15, 0.2) is 5.82 Å². The maximum absolute atomic E-state index is 4.93. The van der Waals surface area contributed by atoms with Crippen LogP contribution in [0.25, 0.3) is 42.9 Å². The van der Waals surface area contributed by atoms with Crippen molar-refractivity contribution in [3.63, 3.8) is 0 Å². The molecule has 4 heteroatoms. The van der Waals surface area contributed by atoms with Crippen LogP contribution in [0, 0.1) is 0 Å². The molecule has 3 aromatic heterocycles. The van der Waals surface area contributed by atoms with Crippen LogP contribution >= 0.6 is 11.3 Å². The summed E-state index contributed by atoms with van der Waals surface area (Å²) in [6.45, 7) is 0. The molecule has 0 saturated carbocycles. The molecule has 0 saturated heterocycles. The highest BCUT2D eigenvalue weighted by Crippen LogP contribution is 2.39. The second kappa shape index (κ2) is 5.76. The fraction of sp³-hybridized carbons (Fsp3) is 0. The molecule has 0 atom stereocenters. The van der Waals surface area contributed by atoms with E-state index in [1.807, 2.05) is 42.5 Å². The Kier molecular flexibility index (Phi) is 3.28. The molecule has 0 bridgehead atoms. The maximum Gasteiger partial charge on any atom is 0.161 e. The molecule has 0 aliphatic rings. The van der Waals surface area contributed by atoms with Crippen molar-refractivity contribution in [2.45, 2.75) is 0 Å². The van der Waals surface area contributed by atoms with Crippen molar-refractivity contribution in [1.82, 2.24) is 15.0 Å². The van der Waals surface area contributed by atoms with E-state index in [1.165, 1.54) is 10.1 Å². The first-order chi connectivity index (χ1) is 12.4. The fourth-order valence-electron chi connectivity index (χ4n) is 3.06. The molecule has 0 aliphatic carbocycles. The molecule has 0 fully saturated rings. The first-order valence-electron chi connectivity index (χ1n) is 8.05. The van der Waals surface area contributed by atoms with Crippen molar-refractivity contribution < 1.29 is 0 Å². The Balaban J connectivity index is 1.90. The van der Waals surface area contributed by atoms with Gasteiger partial charge in [-0.1, -0.05) is 48.5 Å². The maximum atomic E-state index is 4.93. The summed E-state index contributed by atoms with van der Waals surface area (Å²) in [6, 6.07) is 22.5. The predicted octanol–water partition coefficient (Wildman–Crippen LogP) is 5.57. The second-order valence-corrected chi connectivity index (χ2v) is 6.81. The van der Waals surface area contributed by atoms with Gasteiger partial charge in [-0.15, -0.1) is 11.3 Å². The molecule has 0 unspecified atom stereocenters. The van der Waals surface area contributed by atoms with E-state index < -0.39 is 0 Å². The van der Waals surface area contributed by atoms with E-state index in [2.05, 4.69) is 29.2 Å². The zero-order valence-electron chi connectivity index (χ0n) is 13.3. The number of hydrogen-bond acceptors (Lipinski definition) is 4. The van der Waals surface area contributed by atoms with Gasteiger partial charge in [-0.2, -0.15) is 0 Å². The minimum atomic E-state index is 0.756. The molecule has 5 rings (SSSR count). The molecule has 3 heterocycles. The molecule has 0 radical (unpaired) electrons. The van der Waals surface area contributed by atoms with Gasteiger partial charge in [-0.05, 0) is 18.2 Å². The van der Waals surface area contributed by atoms with Crippen LogP contribution < -0.4 is 0 Å². The Morgan fingerprint density at radius 3 is 2.28 bits per heavy atom. The normalized spacial score (nSPS) is 11.2. The predicted molar refractivity (Wildman–Crippen MR) is 104 cm³/mol. The van der Waals surface area contributed by atoms with Gasteiger partial charge >= 0.3 is 0 Å². The van der Waals surface area contributed by atoms with E-state index in [0.29, 0.717) is 0 Å². The van der Waals surface area contributed by atoms with Crippen molar-refractivity contribution >= 4 is 31.6 Å². The van der Waals surface area contributed by atoms with E-state index in [0.717, 1.165) is 32.9 Å². The Morgan fingerprint density at radius 1 is 0.680 bits per heavy atom. The number of aromatic nitrogens is 3. The van der Waals surface area contributed by atoms with Gasteiger partial charge in [0, 0.05) is 39.0 Å². The lowest BCUT2D eigenvalue weighted by Crippen LogP contribution is -1.93. The highest BCUT2D eigenvalue weighted by Gasteiger charge is 2.16. The summed E-state index contributed by atoms with van der Waals surface area (Å²) in [4.78, 5) is 14.9. The summed E-state index contributed by atoms with van der Waals surface area (Å²) < 4.78 is 1.23. The summed E-state index contributed by atoms with van der Waals surface area (Å²) in [5.74, 6) is 0.756. The number of nitrogens with zero attached hydrogens (tertiary/aromatic N) is 3. The Hall–Kier alpha value is -3.11. The highest BCUT2D eigenvalue weighted by molar-refractivity contribution is 7.25. The lowest BCUT2D eigenvalue weighted by atomic mass is 10.1. The lowest BCUT2D eigenvalue weighted by molar-refractivity contribution is 1.23. The third-order valence-electron chi connectivity index (χ3n) is 4.22. The number of fused-ring (bicyclic) bond motifs is 3. The third kappa shape index (κ3) is 2.39. The van der Waals surface area contributed by atoms with Crippen molar-refractivity contribution in [2.75, 3.05) is 0 Å². The first kappa shape index (κ1) is 14.3. The van der Waals surface area contributed by atoms with Gasteiger partial charge in [0.05, 0.1) is 5.69 Å². The van der Waals surface area contributed by atoms with E-state index in [9.17, 15) is 0 Å². The molecular weight excluding hydrogens is 326 g/mol. The van der Waals surface area contributed by atoms with Crippen LogP contribution in [0.2, 0.25) is 0 Å². The Morgan fingerprint density at radius 2 is 1.44 bits per heavy atom. The van der Waals surface area contributed by atoms with E-state index in [4.69, 9.17) is 9.97 Å². The van der Waals surface area contributed by atoms with Crippen molar-refractivity contribution in [2.24, 2.45) is 0 Å². The molecular formula is C21H13N3S. The van der Waals surface area contributed by atoms with Gasteiger partial charge < -0.3 is 0 Å². The van der Waals surface area contributed by atoms with Crippen LogP contribution in [-0.4, -0.2) is 15.0 Å². The summed E-state index contributed by atoms with van der Waals surface area (Å²) in [6.07, 6.45) is 3.61. The molecule has 2 aromatic carbocycles. The van der Waals surface area contributed by atoms with Crippen LogP contribution in [0.15, 0.2) is 79.1 Å². The third-order valence-corrected chi connectivity index (χ3v) is 5.29. The fourth-order valence-corrected chi connectivity index (χ4v) is 4.13. The van der Waals surface area contributed by atoms with Gasteiger partial charge in [0.1, 0.15) is 4.83 Å². The van der Waals surface area contributed by atoms with Crippen molar-refractivity contribution in [3.8, 4) is 22.6 Å². The van der Waals surface area contributed by atoms with E-state index in [1.54, 1.807) is 23.7 Å². The number of pyridine rings is 1. The smallest absolute Gasteiger partial charge is 0.161 e. The van der Waals surface area contributed by atoms with Gasteiger partial charge in [-0.25, -0.2) is 9.97 Å². The topological polar surface area (TPSA) is 38.7 Å². The molecule has 0 aliphatic heterocycles. The highest BCUT2D eigenvalue weighted by atomic mass is 32.1. The summed E-state index contributed by atoms with van der Waals surface area (Å²) in [7, 11) is 0. The van der Waals surface area contributed by atoms with Gasteiger partial charge in [-0.3, -0.25) is 4.98 Å². The molecule has 25 heavy (non-hydrogen) atoms. The summed E-state index contributed by atoms with van der Waals surface area (Å²) in [5, 5.41) is 2.32. The minimum absolute atomic E-state index is 0.756. The molecule has 0 spiro atoms. The zero-order chi connectivity index (χ0) is 16.6. The second-order valence-electron chi connectivity index (χ2n) is 5.78. The van der Waals surface area contributed by atoms with Crippen LogP contribution in [-0.2, 0) is 0 Å². The van der Waals surface area contributed by atoms with Crippen molar-refractivity contribution in [3.05, 3.63) is 79.1 Å². The summed E-state index contributed by atoms with van der Waals surface area (Å²) >= 11 is 1.71. The van der Waals surface area contributed by atoms with Crippen LogP contribution in [0.4, 0.5) is 0 Å². The number of hydrogen-bond donors (Lipinski definition) is 0. The minimum Gasteiger partial charge on any atom is -0.265 e. The lowest BCUT2D eigenvalue weighted by Gasteiger charge is -2.07. The first-order valence-corrected chi connectivity index (χ1v) is 8.87. The van der Waals surface area contributed by atoms with Gasteiger partial charge in [0.2, 0.25) is 0 Å². The van der Waals surface area contributed by atoms with Crippen LogP contribution in [0.3, 0.4) is 0 Å². The number of rotatable bonds is 2. The average Bonchev–Trinajstić information content (AvgIpc) is 3.07. The monoisotopic (exact) mass is 339 g/mol. The molecule has 0 amide bonds. The molecule has 118 valence electrons. The number of thiophene rings is 1. The largest absolute Gasteiger partial charge is 0.265 e. The van der Waals surface area contributed by atoms with Crippen LogP contribution in [0.1, 0.15) is 0 Å². The Labute approximate surface area is 148 Å². The van der Waals surface area contributed by atoms with E-state index >= 15 is 0 Å². The standard InChI is InChI=1S/C21H13N3S/c1-2-6-15(7-3-1)20-23-19(14-10-12-22-13-11-14)18-16-8-4-5-9-17(16)25-21(18)24-20/h1-13H. The quantitative estimate of drug-likeness (QED) is 0.422. The Bertz CT molecular complexity index is 1180. The van der Waals surface area contributed by atoms with Crippen molar-refractivity contribution in [1.29, 1.82) is 0 Å². The molecule has 5 aromatic rings. The van der Waals surface area contributed by atoms with E-state index in [-0.39, 0.29) is 0 Å². The van der Waals surface area contributed by atoms with Crippen LogP contribution in [0.5, 0.6) is 0 Å². The van der Waals surface area contributed by atoms with Gasteiger partial charge in [0.25, 0.3) is 0 Å². The molecule has 3 nitrogen and oxygen atoms in total. The molecule has 0 N–H and O–H groups in total. The average molecular weight is 339 g/mol.